The van der Waals surface area contributed by atoms with Gasteiger partial charge in [0.05, 0.1) is 6.10 Å². The van der Waals surface area contributed by atoms with Gasteiger partial charge in [-0.15, -0.1) is 0 Å². The van der Waals surface area contributed by atoms with Crippen LogP contribution in [0.2, 0.25) is 0 Å². The number of fused-ring (bicyclic) bond motifs is 1. The molecule has 1 aliphatic carbocycles. The molecule has 0 bridgehead atoms. The highest BCUT2D eigenvalue weighted by Gasteiger charge is 2.23. The van der Waals surface area contributed by atoms with Crippen LogP contribution in [0, 0.1) is 5.92 Å². The molecule has 1 aromatic carbocycles. The minimum absolute atomic E-state index is 0.108. The van der Waals surface area contributed by atoms with Crippen LogP contribution in [0.3, 0.4) is 0 Å². The number of aliphatic hydroxyl groups excluding tert-OH is 1. The number of aliphatic hydroxyl groups is 1. The van der Waals surface area contributed by atoms with Gasteiger partial charge in [0.1, 0.15) is 0 Å². The minimum Gasteiger partial charge on any atom is -0.393 e. The van der Waals surface area contributed by atoms with Gasteiger partial charge in [-0.1, -0.05) is 31.2 Å². The Morgan fingerprint density at radius 2 is 2.07 bits per heavy atom. The second-order valence-electron chi connectivity index (χ2n) is 4.25. The first-order valence-corrected chi connectivity index (χ1v) is 5.56. The van der Waals surface area contributed by atoms with E-state index < -0.39 is 0 Å². The molecule has 0 fully saturated rings. The standard InChI is InChI=1S/C13H18O/c1-2-13(14)12-8-7-10-5-3-4-6-11(10)9-12/h3-6,12-14H,2,7-9H2,1H3/t12?,13-/m1/s1. The molecule has 1 heteroatoms. The van der Waals surface area contributed by atoms with E-state index in [4.69, 9.17) is 0 Å². The largest absolute Gasteiger partial charge is 0.393 e. The number of hydrogen-bond acceptors (Lipinski definition) is 1. The zero-order chi connectivity index (χ0) is 9.97. The normalized spacial score (nSPS) is 22.9. The summed E-state index contributed by atoms with van der Waals surface area (Å²) in [6.45, 7) is 2.06. The summed E-state index contributed by atoms with van der Waals surface area (Å²) in [4.78, 5) is 0. The Kier molecular flexibility index (Phi) is 2.87. The third-order valence-electron chi connectivity index (χ3n) is 3.35. The van der Waals surface area contributed by atoms with E-state index in [2.05, 4.69) is 31.2 Å². The molecule has 1 nitrogen and oxygen atoms in total. The molecule has 2 rings (SSSR count). The summed E-state index contributed by atoms with van der Waals surface area (Å²) in [5.41, 5.74) is 2.92. The Balaban J connectivity index is 2.13. The predicted molar refractivity (Wildman–Crippen MR) is 58.3 cm³/mol. The predicted octanol–water partition coefficient (Wildman–Crippen LogP) is 2.56. The fraction of sp³-hybridized carbons (Fsp3) is 0.538. The van der Waals surface area contributed by atoms with Gasteiger partial charge in [-0.2, -0.15) is 0 Å². The summed E-state index contributed by atoms with van der Waals surface area (Å²) >= 11 is 0. The number of aryl methyl sites for hydroxylation is 1. The maximum atomic E-state index is 9.81. The summed E-state index contributed by atoms with van der Waals surface area (Å²) in [5, 5.41) is 9.81. The third kappa shape index (κ3) is 1.83. The van der Waals surface area contributed by atoms with Gasteiger partial charge >= 0.3 is 0 Å². The highest BCUT2D eigenvalue weighted by Crippen LogP contribution is 2.28. The molecule has 0 heterocycles. The lowest BCUT2D eigenvalue weighted by molar-refractivity contribution is 0.0955. The molecular formula is C13H18O. The van der Waals surface area contributed by atoms with Crippen LogP contribution in [-0.4, -0.2) is 11.2 Å². The van der Waals surface area contributed by atoms with Crippen molar-refractivity contribution in [1.29, 1.82) is 0 Å². The van der Waals surface area contributed by atoms with Crippen LogP contribution >= 0.6 is 0 Å². The first-order valence-electron chi connectivity index (χ1n) is 5.56. The van der Waals surface area contributed by atoms with Gasteiger partial charge in [0.15, 0.2) is 0 Å². The van der Waals surface area contributed by atoms with Crippen molar-refractivity contribution in [2.75, 3.05) is 0 Å². The second-order valence-corrected chi connectivity index (χ2v) is 4.25. The molecule has 2 atom stereocenters. The highest BCUT2D eigenvalue weighted by atomic mass is 16.3. The van der Waals surface area contributed by atoms with E-state index in [-0.39, 0.29) is 6.10 Å². The lowest BCUT2D eigenvalue weighted by Crippen LogP contribution is -2.26. The van der Waals surface area contributed by atoms with Crippen molar-refractivity contribution in [2.24, 2.45) is 5.92 Å². The molecule has 0 amide bonds. The fourth-order valence-corrected chi connectivity index (χ4v) is 2.39. The molecule has 0 saturated heterocycles. The topological polar surface area (TPSA) is 20.2 Å². The molecule has 1 N–H and O–H groups in total. The van der Waals surface area contributed by atoms with E-state index in [1.807, 2.05) is 0 Å². The van der Waals surface area contributed by atoms with Crippen molar-refractivity contribution in [3.8, 4) is 0 Å². The van der Waals surface area contributed by atoms with E-state index in [0.717, 1.165) is 25.7 Å². The molecule has 0 saturated carbocycles. The number of rotatable bonds is 2. The third-order valence-corrected chi connectivity index (χ3v) is 3.35. The first kappa shape index (κ1) is 9.72. The minimum atomic E-state index is -0.108. The van der Waals surface area contributed by atoms with Crippen LogP contribution in [0.25, 0.3) is 0 Å². The van der Waals surface area contributed by atoms with E-state index in [9.17, 15) is 5.11 Å². The van der Waals surface area contributed by atoms with Gasteiger partial charge in [-0.05, 0) is 42.7 Å². The van der Waals surface area contributed by atoms with Crippen molar-refractivity contribution < 1.29 is 5.11 Å². The fourth-order valence-electron chi connectivity index (χ4n) is 2.39. The van der Waals surface area contributed by atoms with Gasteiger partial charge in [0, 0.05) is 0 Å². The molecule has 0 aromatic heterocycles. The average molecular weight is 190 g/mol. The number of hydrogen-bond donors (Lipinski definition) is 1. The first-order chi connectivity index (χ1) is 6.81. The maximum Gasteiger partial charge on any atom is 0.0569 e. The van der Waals surface area contributed by atoms with Gasteiger partial charge in [0.2, 0.25) is 0 Å². The highest BCUT2D eigenvalue weighted by molar-refractivity contribution is 5.29. The van der Waals surface area contributed by atoms with Gasteiger partial charge in [0.25, 0.3) is 0 Å². The smallest absolute Gasteiger partial charge is 0.0569 e. The van der Waals surface area contributed by atoms with Crippen molar-refractivity contribution >= 4 is 0 Å². The molecule has 1 aromatic rings. The lowest BCUT2D eigenvalue weighted by Gasteiger charge is -2.27. The Hall–Kier alpha value is -0.820. The SMILES string of the molecule is CC[C@@H](O)C1CCc2ccccc2C1. The molecule has 76 valence electrons. The van der Waals surface area contributed by atoms with E-state index in [0.29, 0.717) is 5.92 Å². The Bertz CT molecular complexity index is 306. The molecule has 0 spiro atoms. The Morgan fingerprint density at radius 3 is 2.79 bits per heavy atom. The summed E-state index contributed by atoms with van der Waals surface area (Å²) in [7, 11) is 0. The van der Waals surface area contributed by atoms with Crippen molar-refractivity contribution in [2.45, 2.75) is 38.7 Å². The Morgan fingerprint density at radius 1 is 1.36 bits per heavy atom. The summed E-state index contributed by atoms with van der Waals surface area (Å²) in [5.74, 6) is 0.481. The molecule has 0 radical (unpaired) electrons. The monoisotopic (exact) mass is 190 g/mol. The van der Waals surface area contributed by atoms with Crippen molar-refractivity contribution in [3.05, 3.63) is 35.4 Å². The van der Waals surface area contributed by atoms with E-state index >= 15 is 0 Å². The van der Waals surface area contributed by atoms with Crippen LogP contribution < -0.4 is 0 Å². The zero-order valence-electron chi connectivity index (χ0n) is 8.74. The quantitative estimate of drug-likeness (QED) is 0.760. The van der Waals surface area contributed by atoms with Crippen molar-refractivity contribution in [3.63, 3.8) is 0 Å². The van der Waals surface area contributed by atoms with Crippen LogP contribution in [0.5, 0.6) is 0 Å². The number of benzene rings is 1. The molecule has 14 heavy (non-hydrogen) atoms. The van der Waals surface area contributed by atoms with Crippen LogP contribution in [0.1, 0.15) is 30.9 Å². The van der Waals surface area contributed by atoms with E-state index in [1.165, 1.54) is 11.1 Å². The van der Waals surface area contributed by atoms with Crippen molar-refractivity contribution in [1.82, 2.24) is 0 Å². The lowest BCUT2D eigenvalue weighted by atomic mass is 9.80. The van der Waals surface area contributed by atoms with Gasteiger partial charge in [-0.3, -0.25) is 0 Å². The van der Waals surface area contributed by atoms with Gasteiger partial charge < -0.3 is 5.11 Å². The summed E-state index contributed by atoms with van der Waals surface area (Å²) < 4.78 is 0. The molecular weight excluding hydrogens is 172 g/mol. The summed E-state index contributed by atoms with van der Waals surface area (Å²) in [6.07, 6.45) is 4.12. The average Bonchev–Trinajstić information content (AvgIpc) is 2.27. The second kappa shape index (κ2) is 4.14. The van der Waals surface area contributed by atoms with Crippen LogP contribution in [0.4, 0.5) is 0 Å². The van der Waals surface area contributed by atoms with E-state index in [1.54, 1.807) is 0 Å². The zero-order valence-corrected chi connectivity index (χ0v) is 8.74. The Labute approximate surface area is 85.8 Å². The maximum absolute atomic E-state index is 9.81. The molecule has 1 unspecified atom stereocenters. The molecule has 1 aliphatic rings. The van der Waals surface area contributed by atoms with Crippen LogP contribution in [0.15, 0.2) is 24.3 Å². The van der Waals surface area contributed by atoms with Gasteiger partial charge in [-0.25, -0.2) is 0 Å². The molecule has 0 aliphatic heterocycles. The summed E-state index contributed by atoms with van der Waals surface area (Å²) in [6, 6.07) is 8.61. The van der Waals surface area contributed by atoms with Crippen LogP contribution in [-0.2, 0) is 12.8 Å².